The van der Waals surface area contributed by atoms with E-state index < -0.39 is 6.04 Å². The minimum Gasteiger partial charge on any atom is -0.494 e. The molecule has 0 unspecified atom stereocenters. The molecule has 0 aromatic heterocycles. The molecule has 0 aliphatic carbocycles. The van der Waals surface area contributed by atoms with Gasteiger partial charge in [-0.3, -0.25) is 9.59 Å². The van der Waals surface area contributed by atoms with E-state index >= 15 is 0 Å². The molecule has 2 amide bonds. The number of benzene rings is 2. The van der Waals surface area contributed by atoms with Crippen molar-refractivity contribution in [1.82, 2.24) is 10.2 Å². The Morgan fingerprint density at radius 1 is 1.21 bits per heavy atom. The lowest BCUT2D eigenvalue weighted by Gasteiger charge is -2.24. The molecule has 0 saturated carbocycles. The maximum absolute atomic E-state index is 13.1. The second-order valence-electron chi connectivity index (χ2n) is 7.12. The fraction of sp³-hybridized carbons (Fsp3) is 0.364. The topological polar surface area (TPSA) is 58.6 Å². The van der Waals surface area contributed by atoms with Crippen molar-refractivity contribution < 1.29 is 14.3 Å². The number of hydrogen-bond acceptors (Lipinski definition) is 3. The van der Waals surface area contributed by atoms with Gasteiger partial charge in [-0.05, 0) is 55.2 Å². The van der Waals surface area contributed by atoms with Gasteiger partial charge in [0, 0.05) is 23.7 Å². The molecule has 28 heavy (non-hydrogen) atoms. The van der Waals surface area contributed by atoms with Crippen LogP contribution in [0.15, 0.2) is 48.5 Å². The maximum atomic E-state index is 13.1. The average Bonchev–Trinajstić information content (AvgIpc) is 3.09. The third-order valence-electron chi connectivity index (χ3n) is 4.85. The fourth-order valence-corrected chi connectivity index (χ4v) is 3.61. The molecule has 1 N–H and O–H groups in total. The van der Waals surface area contributed by atoms with E-state index in [9.17, 15) is 9.59 Å². The molecule has 2 aromatic carbocycles. The summed E-state index contributed by atoms with van der Waals surface area (Å²) in [6.07, 6.45) is 0.656. The summed E-state index contributed by atoms with van der Waals surface area (Å²) in [5, 5.41) is 3.61. The van der Waals surface area contributed by atoms with Gasteiger partial charge < -0.3 is 15.0 Å². The first-order valence-corrected chi connectivity index (χ1v) is 9.91. The summed E-state index contributed by atoms with van der Waals surface area (Å²) in [4.78, 5) is 27.5. The molecule has 3 rings (SSSR count). The summed E-state index contributed by atoms with van der Waals surface area (Å²) in [7, 11) is 0. The number of amides is 2. The molecule has 1 aliphatic heterocycles. The zero-order valence-corrected chi connectivity index (χ0v) is 16.9. The number of carbonyl (C=O) groups is 2. The number of nitrogens with one attached hydrogen (secondary N) is 1. The quantitative estimate of drug-likeness (QED) is 0.799. The van der Waals surface area contributed by atoms with Crippen molar-refractivity contribution in [3.63, 3.8) is 0 Å². The number of likely N-dealkylation sites (tertiary alicyclic amines) is 1. The van der Waals surface area contributed by atoms with Crippen LogP contribution in [0.25, 0.3) is 0 Å². The minimum atomic E-state index is -0.467. The van der Waals surface area contributed by atoms with Crippen molar-refractivity contribution in [3.05, 3.63) is 64.7 Å². The Labute approximate surface area is 170 Å². The van der Waals surface area contributed by atoms with Crippen molar-refractivity contribution in [3.8, 4) is 5.75 Å². The van der Waals surface area contributed by atoms with Crippen LogP contribution >= 0.6 is 11.6 Å². The predicted octanol–water partition coefficient (Wildman–Crippen LogP) is 3.91. The highest BCUT2D eigenvalue weighted by molar-refractivity contribution is 6.30. The lowest BCUT2D eigenvalue weighted by atomic mass is 10.1. The molecule has 0 radical (unpaired) electrons. The van der Waals surface area contributed by atoms with Gasteiger partial charge in [0.05, 0.1) is 6.61 Å². The Hall–Kier alpha value is -2.53. The Bertz CT molecular complexity index is 838. The molecule has 148 valence electrons. The van der Waals surface area contributed by atoms with Crippen LogP contribution in [0.3, 0.4) is 0 Å². The van der Waals surface area contributed by atoms with Crippen LogP contribution in [0.2, 0.25) is 5.02 Å². The lowest BCUT2D eigenvalue weighted by molar-refractivity contribution is -0.125. The van der Waals surface area contributed by atoms with Gasteiger partial charge in [-0.15, -0.1) is 0 Å². The van der Waals surface area contributed by atoms with Crippen LogP contribution in [0.1, 0.15) is 36.2 Å². The normalized spacial score (nSPS) is 18.8. The second kappa shape index (κ2) is 9.11. The van der Waals surface area contributed by atoms with E-state index in [0.717, 1.165) is 5.56 Å². The largest absolute Gasteiger partial charge is 0.494 e. The molecule has 0 spiro atoms. The Balaban J connectivity index is 1.69. The third kappa shape index (κ3) is 4.84. The van der Waals surface area contributed by atoms with Gasteiger partial charge in [-0.1, -0.05) is 36.7 Å². The van der Waals surface area contributed by atoms with E-state index in [1.165, 1.54) is 0 Å². The minimum absolute atomic E-state index is 0.131. The standard InChI is InChI=1S/C22H25ClN2O3/c1-3-28-19-6-4-5-17(12-19)22(27)25-14-15(2)11-20(25)21(26)24-13-16-7-9-18(23)10-8-16/h4-10,12,15,20H,3,11,13-14H2,1-2H3,(H,24,26)/t15-,20+/m1/s1. The lowest BCUT2D eigenvalue weighted by Crippen LogP contribution is -2.45. The summed E-state index contributed by atoms with van der Waals surface area (Å²) in [5.74, 6) is 0.654. The van der Waals surface area contributed by atoms with Gasteiger partial charge in [0.2, 0.25) is 5.91 Å². The van der Waals surface area contributed by atoms with Crippen molar-refractivity contribution in [1.29, 1.82) is 0 Å². The number of hydrogen-bond donors (Lipinski definition) is 1. The molecule has 1 fully saturated rings. The first kappa shape index (κ1) is 20.2. The summed E-state index contributed by atoms with van der Waals surface area (Å²) < 4.78 is 5.49. The van der Waals surface area contributed by atoms with Crippen LogP contribution < -0.4 is 10.1 Å². The van der Waals surface area contributed by atoms with Crippen molar-refractivity contribution in [2.45, 2.75) is 32.9 Å². The zero-order chi connectivity index (χ0) is 20.1. The van der Waals surface area contributed by atoms with Gasteiger partial charge in [0.25, 0.3) is 5.91 Å². The molecule has 5 nitrogen and oxygen atoms in total. The van der Waals surface area contributed by atoms with E-state index in [-0.39, 0.29) is 17.7 Å². The van der Waals surface area contributed by atoms with E-state index in [1.807, 2.05) is 25.1 Å². The smallest absolute Gasteiger partial charge is 0.254 e. The van der Waals surface area contributed by atoms with Crippen molar-refractivity contribution >= 4 is 23.4 Å². The highest BCUT2D eigenvalue weighted by atomic mass is 35.5. The molecule has 1 heterocycles. The first-order valence-electron chi connectivity index (χ1n) is 9.54. The number of ether oxygens (including phenoxy) is 1. The van der Waals surface area contributed by atoms with Crippen molar-refractivity contribution in [2.75, 3.05) is 13.2 Å². The van der Waals surface area contributed by atoms with Crippen molar-refractivity contribution in [2.24, 2.45) is 5.92 Å². The van der Waals surface area contributed by atoms with Gasteiger partial charge in [-0.25, -0.2) is 0 Å². The first-order chi connectivity index (χ1) is 13.5. The molecule has 2 aromatic rings. The van der Waals surface area contributed by atoms with Gasteiger partial charge in [-0.2, -0.15) is 0 Å². The molecule has 6 heteroatoms. The van der Waals surface area contributed by atoms with E-state index in [2.05, 4.69) is 12.2 Å². The summed E-state index contributed by atoms with van der Waals surface area (Å²) >= 11 is 5.90. The zero-order valence-electron chi connectivity index (χ0n) is 16.2. The molecule has 1 saturated heterocycles. The summed E-state index contributed by atoms with van der Waals surface area (Å²) in [6.45, 7) is 5.47. The molecule has 2 atom stereocenters. The van der Waals surface area contributed by atoms with Crippen LogP contribution in [0, 0.1) is 5.92 Å². The summed E-state index contributed by atoms with van der Waals surface area (Å²) in [6, 6.07) is 14.0. The van der Waals surface area contributed by atoms with Gasteiger partial charge >= 0.3 is 0 Å². The van der Waals surface area contributed by atoms with Crippen LogP contribution in [0.5, 0.6) is 5.75 Å². The maximum Gasteiger partial charge on any atom is 0.254 e. The van der Waals surface area contributed by atoms with E-state index in [4.69, 9.17) is 16.3 Å². The Kier molecular flexibility index (Phi) is 6.57. The number of rotatable bonds is 6. The van der Waals surface area contributed by atoms with E-state index in [1.54, 1.807) is 35.2 Å². The molecule has 0 bridgehead atoms. The van der Waals surface area contributed by atoms with Crippen LogP contribution in [-0.4, -0.2) is 35.9 Å². The monoisotopic (exact) mass is 400 g/mol. The second-order valence-corrected chi connectivity index (χ2v) is 7.56. The molecule has 1 aliphatic rings. The SMILES string of the molecule is CCOc1cccc(C(=O)N2C[C@H](C)C[C@H]2C(=O)NCc2ccc(Cl)cc2)c1. The molecular formula is C22H25ClN2O3. The van der Waals surface area contributed by atoms with E-state index in [0.29, 0.717) is 42.5 Å². The van der Waals surface area contributed by atoms with Crippen LogP contribution in [-0.2, 0) is 11.3 Å². The Morgan fingerprint density at radius 3 is 2.68 bits per heavy atom. The Morgan fingerprint density at radius 2 is 1.96 bits per heavy atom. The predicted molar refractivity (Wildman–Crippen MR) is 110 cm³/mol. The van der Waals surface area contributed by atoms with Gasteiger partial charge in [0.1, 0.15) is 11.8 Å². The van der Waals surface area contributed by atoms with Crippen LogP contribution in [0.4, 0.5) is 0 Å². The highest BCUT2D eigenvalue weighted by Gasteiger charge is 2.38. The average molecular weight is 401 g/mol. The number of nitrogens with zero attached hydrogens (tertiary/aromatic N) is 1. The third-order valence-corrected chi connectivity index (χ3v) is 5.10. The number of carbonyl (C=O) groups excluding carboxylic acids is 2. The highest BCUT2D eigenvalue weighted by Crippen LogP contribution is 2.26. The summed E-state index contributed by atoms with van der Waals surface area (Å²) in [5.41, 5.74) is 1.50. The van der Waals surface area contributed by atoms with Gasteiger partial charge in [0.15, 0.2) is 0 Å². The fourth-order valence-electron chi connectivity index (χ4n) is 3.48. The molecular weight excluding hydrogens is 376 g/mol. The number of halogens is 1.